The van der Waals surface area contributed by atoms with Crippen LogP contribution in [-0.2, 0) is 4.79 Å². The van der Waals surface area contributed by atoms with E-state index in [1.807, 2.05) is 13.8 Å². The van der Waals surface area contributed by atoms with Gasteiger partial charge < -0.3 is 24.3 Å². The van der Waals surface area contributed by atoms with Crippen molar-refractivity contribution in [2.45, 2.75) is 19.9 Å². The van der Waals surface area contributed by atoms with Gasteiger partial charge in [-0.1, -0.05) is 13.8 Å². The van der Waals surface area contributed by atoms with Gasteiger partial charge in [0.2, 0.25) is 6.79 Å². The zero-order valence-corrected chi connectivity index (χ0v) is 19.7. The Hall–Kier alpha value is -3.27. The van der Waals surface area contributed by atoms with Gasteiger partial charge in [0.15, 0.2) is 23.0 Å². The van der Waals surface area contributed by atoms with Crippen molar-refractivity contribution in [3.63, 3.8) is 0 Å². The Labute approximate surface area is 194 Å². The number of methoxy groups -OCH3 is 2. The molecule has 3 rings (SSSR count). The summed E-state index contributed by atoms with van der Waals surface area (Å²) in [5.41, 5.74) is 3.52. The van der Waals surface area contributed by atoms with Gasteiger partial charge in [-0.05, 0) is 52.2 Å². The average Bonchev–Trinajstić information content (AvgIpc) is 3.25. The minimum Gasteiger partial charge on any atom is -0.493 e. The fraction of sp³-hybridized carbons (Fsp3) is 0.318. The molecule has 10 heteroatoms. The van der Waals surface area contributed by atoms with Gasteiger partial charge >= 0.3 is 0 Å². The van der Waals surface area contributed by atoms with Crippen molar-refractivity contribution in [2.24, 2.45) is 11.0 Å². The van der Waals surface area contributed by atoms with Gasteiger partial charge in [-0.25, -0.2) is 5.43 Å². The first-order valence-electron chi connectivity index (χ1n) is 9.79. The number of fused-ring (bicyclic) bond motifs is 1. The maximum atomic E-state index is 12.7. The lowest BCUT2D eigenvalue weighted by Crippen LogP contribution is -2.48. The Balaban J connectivity index is 1.67. The summed E-state index contributed by atoms with van der Waals surface area (Å²) in [6.07, 6.45) is 1.47. The lowest BCUT2D eigenvalue weighted by molar-refractivity contribution is -0.123. The van der Waals surface area contributed by atoms with E-state index in [0.29, 0.717) is 38.6 Å². The lowest BCUT2D eigenvalue weighted by Gasteiger charge is -2.20. The zero-order chi connectivity index (χ0) is 23.3. The average molecular weight is 506 g/mol. The number of halogens is 1. The van der Waals surface area contributed by atoms with E-state index >= 15 is 0 Å². The molecule has 2 amide bonds. The van der Waals surface area contributed by atoms with Crippen molar-refractivity contribution >= 4 is 34.0 Å². The predicted molar refractivity (Wildman–Crippen MR) is 122 cm³/mol. The SMILES string of the molecule is COc1cc(Br)c(/C=N/NC(=O)C(NC(=O)c2ccc3c(c2)OCO3)C(C)C)cc1OC. The van der Waals surface area contributed by atoms with Crippen LogP contribution in [-0.4, -0.2) is 45.1 Å². The molecule has 1 aliphatic rings. The maximum absolute atomic E-state index is 12.7. The molecule has 2 N–H and O–H groups in total. The molecule has 0 saturated heterocycles. The molecule has 2 aromatic rings. The van der Waals surface area contributed by atoms with Crippen molar-refractivity contribution in [1.29, 1.82) is 0 Å². The highest BCUT2D eigenvalue weighted by Crippen LogP contribution is 2.33. The van der Waals surface area contributed by atoms with Gasteiger partial charge in [0.05, 0.1) is 20.4 Å². The molecule has 2 aromatic carbocycles. The molecule has 170 valence electrons. The van der Waals surface area contributed by atoms with Gasteiger partial charge in [0, 0.05) is 15.6 Å². The maximum Gasteiger partial charge on any atom is 0.262 e. The highest BCUT2D eigenvalue weighted by molar-refractivity contribution is 9.10. The molecule has 0 fully saturated rings. The van der Waals surface area contributed by atoms with E-state index in [1.165, 1.54) is 13.3 Å². The first kappa shape index (κ1) is 23.4. The largest absolute Gasteiger partial charge is 0.493 e. The summed E-state index contributed by atoms with van der Waals surface area (Å²) in [6.45, 7) is 3.78. The smallest absolute Gasteiger partial charge is 0.262 e. The van der Waals surface area contributed by atoms with Crippen LogP contribution in [0.5, 0.6) is 23.0 Å². The Morgan fingerprint density at radius 3 is 2.47 bits per heavy atom. The highest BCUT2D eigenvalue weighted by Gasteiger charge is 2.25. The summed E-state index contributed by atoms with van der Waals surface area (Å²) in [7, 11) is 3.08. The molecule has 1 heterocycles. The number of carbonyl (C=O) groups excluding carboxylic acids is 2. The Morgan fingerprint density at radius 2 is 1.78 bits per heavy atom. The topological polar surface area (TPSA) is 107 Å². The first-order chi connectivity index (χ1) is 15.3. The van der Waals surface area contributed by atoms with Crippen molar-refractivity contribution < 1.29 is 28.5 Å². The number of hydrazone groups is 1. The summed E-state index contributed by atoms with van der Waals surface area (Å²) >= 11 is 3.43. The van der Waals surface area contributed by atoms with Crippen LogP contribution in [0.1, 0.15) is 29.8 Å². The van der Waals surface area contributed by atoms with Crippen LogP contribution in [0.2, 0.25) is 0 Å². The number of nitrogens with one attached hydrogen (secondary N) is 2. The Bertz CT molecular complexity index is 1040. The van der Waals surface area contributed by atoms with Gasteiger partial charge in [-0.15, -0.1) is 0 Å². The fourth-order valence-electron chi connectivity index (χ4n) is 3.00. The number of rotatable bonds is 8. The summed E-state index contributed by atoms with van der Waals surface area (Å²) in [5.74, 6) is 1.15. The van der Waals surface area contributed by atoms with Crippen LogP contribution < -0.4 is 29.7 Å². The second kappa shape index (κ2) is 10.4. The van der Waals surface area contributed by atoms with E-state index in [0.717, 1.165) is 0 Å². The number of hydrogen-bond acceptors (Lipinski definition) is 7. The first-order valence-corrected chi connectivity index (χ1v) is 10.6. The quantitative estimate of drug-likeness (QED) is 0.421. The fourth-order valence-corrected chi connectivity index (χ4v) is 3.43. The number of hydrogen-bond donors (Lipinski definition) is 2. The number of benzene rings is 2. The molecule has 0 radical (unpaired) electrons. The van der Waals surface area contributed by atoms with E-state index in [-0.39, 0.29) is 12.7 Å². The third-order valence-electron chi connectivity index (χ3n) is 4.75. The van der Waals surface area contributed by atoms with Crippen molar-refractivity contribution in [1.82, 2.24) is 10.7 Å². The number of ether oxygens (including phenoxy) is 4. The van der Waals surface area contributed by atoms with E-state index in [1.54, 1.807) is 37.4 Å². The summed E-state index contributed by atoms with van der Waals surface area (Å²) in [5, 5.41) is 6.78. The molecule has 1 aliphatic heterocycles. The second-order valence-corrected chi connectivity index (χ2v) is 8.08. The van der Waals surface area contributed by atoms with E-state index < -0.39 is 17.9 Å². The molecule has 0 saturated carbocycles. The van der Waals surface area contributed by atoms with E-state index in [2.05, 4.69) is 31.8 Å². The standard InChI is InChI=1S/C22H24BrN3O6/c1-12(2)20(25-21(27)13-5-6-16-19(7-13)32-11-31-16)22(28)26-24-10-14-8-17(29-3)18(30-4)9-15(14)23/h5-10,12,20H,11H2,1-4H3,(H,25,27)(H,26,28)/b24-10+. The second-order valence-electron chi connectivity index (χ2n) is 7.23. The molecule has 0 aromatic heterocycles. The van der Waals surface area contributed by atoms with Crippen LogP contribution >= 0.6 is 15.9 Å². The number of carbonyl (C=O) groups is 2. The van der Waals surface area contributed by atoms with Crippen LogP contribution in [0.3, 0.4) is 0 Å². The monoisotopic (exact) mass is 505 g/mol. The molecule has 0 bridgehead atoms. The van der Waals surface area contributed by atoms with Gasteiger partial charge in [0.1, 0.15) is 6.04 Å². The van der Waals surface area contributed by atoms with Crippen molar-refractivity contribution in [3.05, 3.63) is 45.9 Å². The van der Waals surface area contributed by atoms with E-state index in [9.17, 15) is 9.59 Å². The van der Waals surface area contributed by atoms with Crippen molar-refractivity contribution in [3.8, 4) is 23.0 Å². The van der Waals surface area contributed by atoms with Crippen LogP contribution in [0, 0.1) is 5.92 Å². The molecule has 1 unspecified atom stereocenters. The minimum absolute atomic E-state index is 0.117. The number of nitrogens with zero attached hydrogens (tertiary/aromatic N) is 1. The van der Waals surface area contributed by atoms with Gasteiger partial charge in [0.25, 0.3) is 11.8 Å². The minimum atomic E-state index is -0.793. The van der Waals surface area contributed by atoms with Crippen LogP contribution in [0.25, 0.3) is 0 Å². The highest BCUT2D eigenvalue weighted by atomic mass is 79.9. The van der Waals surface area contributed by atoms with Gasteiger partial charge in [-0.2, -0.15) is 5.10 Å². The lowest BCUT2D eigenvalue weighted by atomic mass is 10.0. The van der Waals surface area contributed by atoms with E-state index in [4.69, 9.17) is 18.9 Å². The molecule has 32 heavy (non-hydrogen) atoms. The molecular formula is C22H24BrN3O6. The summed E-state index contributed by atoms with van der Waals surface area (Å²) < 4.78 is 21.8. The molecular weight excluding hydrogens is 482 g/mol. The third kappa shape index (κ3) is 5.31. The van der Waals surface area contributed by atoms with Crippen LogP contribution in [0.4, 0.5) is 0 Å². The molecule has 9 nitrogen and oxygen atoms in total. The van der Waals surface area contributed by atoms with Crippen LogP contribution in [0.15, 0.2) is 39.9 Å². The molecule has 0 spiro atoms. The molecule has 0 aliphatic carbocycles. The Morgan fingerprint density at radius 1 is 1.09 bits per heavy atom. The summed E-state index contributed by atoms with van der Waals surface area (Å²) in [6, 6.07) is 7.53. The summed E-state index contributed by atoms with van der Waals surface area (Å²) in [4.78, 5) is 25.4. The normalized spacial score (nSPS) is 13.2. The zero-order valence-electron chi connectivity index (χ0n) is 18.1. The van der Waals surface area contributed by atoms with Gasteiger partial charge in [-0.3, -0.25) is 9.59 Å². The Kier molecular flexibility index (Phi) is 7.57. The molecule has 1 atom stereocenters. The third-order valence-corrected chi connectivity index (χ3v) is 5.44. The predicted octanol–water partition coefficient (Wildman–Crippen LogP) is 3.10. The van der Waals surface area contributed by atoms with Crippen molar-refractivity contribution in [2.75, 3.05) is 21.0 Å². The number of amides is 2.